The van der Waals surface area contributed by atoms with E-state index >= 15 is 0 Å². The molecule has 2 aromatic heterocycles. The molecule has 12 nitrogen and oxygen atoms in total. The highest BCUT2D eigenvalue weighted by Gasteiger charge is 2.34. The van der Waals surface area contributed by atoms with E-state index in [9.17, 15) is 19.2 Å². The predicted molar refractivity (Wildman–Crippen MR) is 166 cm³/mol. The molecule has 1 atom stereocenters. The second kappa shape index (κ2) is 12.1. The van der Waals surface area contributed by atoms with Crippen molar-refractivity contribution in [1.29, 1.82) is 0 Å². The topological polar surface area (TPSA) is 153 Å². The van der Waals surface area contributed by atoms with Crippen LogP contribution in [0.1, 0.15) is 21.7 Å². The predicted octanol–water partition coefficient (Wildman–Crippen LogP) is 5.24. The zero-order valence-electron chi connectivity index (χ0n) is 23.6. The first-order chi connectivity index (χ1) is 21.3. The molecular formula is C31H28N6O6S. The minimum atomic E-state index is -1.17. The summed E-state index contributed by atoms with van der Waals surface area (Å²) in [5, 5.41) is 17.4. The van der Waals surface area contributed by atoms with Gasteiger partial charge in [0.2, 0.25) is 5.91 Å². The van der Waals surface area contributed by atoms with Crippen LogP contribution in [0, 0.1) is 6.92 Å². The van der Waals surface area contributed by atoms with E-state index in [1.165, 1.54) is 23.5 Å². The Morgan fingerprint density at radius 3 is 2.73 bits per heavy atom. The number of para-hydroxylation sites is 1. The van der Waals surface area contributed by atoms with Crippen molar-refractivity contribution in [3.05, 3.63) is 83.4 Å². The van der Waals surface area contributed by atoms with E-state index in [2.05, 4.69) is 20.9 Å². The highest BCUT2D eigenvalue weighted by molar-refractivity contribution is 7.21. The maximum absolute atomic E-state index is 13.6. The smallest absolute Gasteiger partial charge is 0.404 e. The maximum Gasteiger partial charge on any atom is 0.404 e. The van der Waals surface area contributed by atoms with Crippen LogP contribution in [0.25, 0.3) is 10.2 Å². The lowest BCUT2D eigenvalue weighted by Gasteiger charge is -2.29. The molecule has 0 radical (unpaired) electrons. The molecule has 224 valence electrons. The number of thiophene rings is 1. The number of rotatable bonds is 8. The van der Waals surface area contributed by atoms with E-state index < -0.39 is 12.1 Å². The summed E-state index contributed by atoms with van der Waals surface area (Å²) in [6, 6.07) is 16.0. The number of carbonyl (C=O) groups excluding carboxylic acids is 3. The summed E-state index contributed by atoms with van der Waals surface area (Å²) in [4.78, 5) is 58.6. The maximum atomic E-state index is 13.6. The number of urea groups is 1. The molecule has 1 unspecified atom stereocenters. The number of hydrogen-bond acceptors (Lipinski definition) is 7. The molecule has 1 saturated heterocycles. The Balaban J connectivity index is 1.19. The third-order valence-corrected chi connectivity index (χ3v) is 8.40. The zero-order valence-corrected chi connectivity index (χ0v) is 24.4. The zero-order chi connectivity index (χ0) is 30.8. The molecule has 1 fully saturated rings. The summed E-state index contributed by atoms with van der Waals surface area (Å²) in [5.74, 6) is 0.728. The van der Waals surface area contributed by atoms with Crippen molar-refractivity contribution in [2.24, 2.45) is 0 Å². The van der Waals surface area contributed by atoms with Crippen molar-refractivity contribution >= 4 is 62.6 Å². The number of amides is 5. The van der Waals surface area contributed by atoms with Gasteiger partial charge in [-0.25, -0.2) is 14.6 Å². The Morgan fingerprint density at radius 2 is 1.95 bits per heavy atom. The largest absolute Gasteiger partial charge is 0.465 e. The van der Waals surface area contributed by atoms with Gasteiger partial charge in [-0.1, -0.05) is 24.3 Å². The van der Waals surface area contributed by atoms with Crippen LogP contribution in [0.4, 0.5) is 26.7 Å². The molecule has 4 N–H and O–H groups in total. The van der Waals surface area contributed by atoms with Crippen molar-refractivity contribution in [3.63, 3.8) is 0 Å². The van der Waals surface area contributed by atoms with Crippen molar-refractivity contribution in [3.8, 4) is 11.5 Å². The SMILES string of the molecule is Cc1cc(Oc2ccccc2)ccc1N1C(=O)Nc2c(C(=O)NC3CCN(C(=O)/C=C/CNC(=O)O)C3)sc3nccc1c23. The lowest BCUT2D eigenvalue weighted by molar-refractivity contribution is -0.125. The van der Waals surface area contributed by atoms with Gasteiger partial charge in [-0.05, 0) is 55.3 Å². The molecule has 0 spiro atoms. The molecule has 44 heavy (non-hydrogen) atoms. The van der Waals surface area contributed by atoms with Gasteiger partial charge in [0.25, 0.3) is 5.91 Å². The number of ether oxygens (including phenoxy) is 1. The number of aromatic nitrogens is 1. The number of benzene rings is 2. The van der Waals surface area contributed by atoms with E-state index in [1.54, 1.807) is 28.1 Å². The average molecular weight is 613 g/mol. The van der Waals surface area contributed by atoms with Crippen molar-refractivity contribution in [2.45, 2.75) is 19.4 Å². The molecule has 2 aliphatic heterocycles. The average Bonchev–Trinajstić information content (AvgIpc) is 3.62. The van der Waals surface area contributed by atoms with Crippen LogP contribution in [0.2, 0.25) is 0 Å². The number of hydrogen-bond donors (Lipinski definition) is 4. The number of likely N-dealkylation sites (tertiary alicyclic amines) is 1. The number of anilines is 3. The van der Waals surface area contributed by atoms with Crippen LogP contribution in [-0.4, -0.2) is 64.6 Å². The summed E-state index contributed by atoms with van der Waals surface area (Å²) in [5.41, 5.74) is 2.52. The Labute approximate surface area is 255 Å². The van der Waals surface area contributed by atoms with Crippen LogP contribution in [0.15, 0.2) is 72.9 Å². The van der Waals surface area contributed by atoms with Crippen LogP contribution in [0.5, 0.6) is 11.5 Å². The lowest BCUT2D eigenvalue weighted by atomic mass is 10.1. The van der Waals surface area contributed by atoms with E-state index in [-0.39, 0.29) is 24.4 Å². The molecule has 2 aromatic carbocycles. The minimum absolute atomic E-state index is 0.0243. The molecule has 4 aromatic rings. The molecule has 0 saturated carbocycles. The van der Waals surface area contributed by atoms with Crippen LogP contribution < -0.4 is 25.6 Å². The fourth-order valence-corrected chi connectivity index (χ4v) is 6.31. The quantitative estimate of drug-likeness (QED) is 0.199. The first-order valence-corrected chi connectivity index (χ1v) is 14.7. The summed E-state index contributed by atoms with van der Waals surface area (Å²) in [6.45, 7) is 2.69. The third kappa shape index (κ3) is 5.77. The van der Waals surface area contributed by atoms with Crippen molar-refractivity contribution < 1.29 is 29.0 Å². The fraction of sp³-hybridized carbons (Fsp3) is 0.194. The van der Waals surface area contributed by atoms with Gasteiger partial charge in [-0.3, -0.25) is 14.5 Å². The van der Waals surface area contributed by atoms with E-state index in [0.29, 0.717) is 63.2 Å². The molecule has 0 bridgehead atoms. The van der Waals surface area contributed by atoms with E-state index in [1.807, 2.05) is 49.4 Å². The molecule has 6 rings (SSSR count). The normalized spacial score (nSPS) is 15.8. The number of pyridine rings is 1. The monoisotopic (exact) mass is 612 g/mol. The Morgan fingerprint density at radius 1 is 1.14 bits per heavy atom. The number of aryl methyl sites for hydroxylation is 1. The van der Waals surface area contributed by atoms with Crippen molar-refractivity contribution in [1.82, 2.24) is 20.5 Å². The molecule has 4 heterocycles. The number of nitrogens with one attached hydrogen (secondary N) is 3. The highest BCUT2D eigenvalue weighted by Crippen LogP contribution is 2.46. The van der Waals surface area contributed by atoms with Gasteiger partial charge in [-0.15, -0.1) is 11.3 Å². The second-order valence-corrected chi connectivity index (χ2v) is 11.3. The third-order valence-electron chi connectivity index (χ3n) is 7.31. The van der Waals surface area contributed by atoms with Gasteiger partial charge < -0.3 is 30.7 Å². The van der Waals surface area contributed by atoms with Gasteiger partial charge in [-0.2, -0.15) is 0 Å². The number of carboxylic acid groups (broad SMARTS) is 1. The Bertz CT molecular complexity index is 1810. The van der Waals surface area contributed by atoms with E-state index in [4.69, 9.17) is 9.84 Å². The van der Waals surface area contributed by atoms with Crippen LogP contribution in [-0.2, 0) is 4.79 Å². The second-order valence-electron chi connectivity index (χ2n) is 10.3. The molecule has 2 aliphatic rings. The van der Waals surface area contributed by atoms with Gasteiger partial charge >= 0.3 is 12.1 Å². The van der Waals surface area contributed by atoms with Crippen molar-refractivity contribution in [2.75, 3.05) is 29.9 Å². The van der Waals surface area contributed by atoms with Crippen LogP contribution >= 0.6 is 11.3 Å². The molecular weight excluding hydrogens is 584 g/mol. The summed E-state index contributed by atoms with van der Waals surface area (Å²) in [7, 11) is 0. The van der Waals surface area contributed by atoms with Gasteiger partial charge in [0, 0.05) is 37.9 Å². The molecule has 0 aliphatic carbocycles. The summed E-state index contributed by atoms with van der Waals surface area (Å²) in [6.07, 6.45) is 3.76. The van der Waals surface area contributed by atoms with Gasteiger partial charge in [0.05, 0.1) is 22.4 Å². The minimum Gasteiger partial charge on any atom is -0.465 e. The van der Waals surface area contributed by atoms with Gasteiger partial charge in [0.1, 0.15) is 21.2 Å². The standard InChI is InChI=1S/C31H28N6O6S/c1-18-16-21(43-20-6-3-2-4-7-20)9-10-22(18)37-23-11-14-32-29-25(23)26(35-30(37)40)27(44-29)28(39)34-19-12-15-36(17-19)24(38)8-5-13-33-31(41)42/h2-11,14,16,19,33H,12-13,15,17H2,1H3,(H,34,39)(H,35,40)(H,41,42)/b8-5+. The van der Waals surface area contributed by atoms with E-state index in [0.717, 1.165) is 5.56 Å². The molecule has 5 amide bonds. The fourth-order valence-electron chi connectivity index (χ4n) is 5.29. The molecule has 13 heteroatoms. The first-order valence-electron chi connectivity index (χ1n) is 13.9. The summed E-state index contributed by atoms with van der Waals surface area (Å²) >= 11 is 1.19. The van der Waals surface area contributed by atoms with Crippen LogP contribution in [0.3, 0.4) is 0 Å². The Kier molecular flexibility index (Phi) is 7.85. The lowest BCUT2D eigenvalue weighted by Crippen LogP contribution is -2.39. The first kappa shape index (κ1) is 28.7. The highest BCUT2D eigenvalue weighted by atomic mass is 32.1. The Hall–Kier alpha value is -5.43. The van der Waals surface area contributed by atoms with Gasteiger partial charge in [0.15, 0.2) is 0 Å². The summed E-state index contributed by atoms with van der Waals surface area (Å²) < 4.78 is 5.96. The number of nitrogens with zero attached hydrogens (tertiary/aromatic N) is 3. The number of carbonyl (C=O) groups is 4.